The molecule has 0 heterocycles. The molecule has 0 radical (unpaired) electrons. The maximum absolute atomic E-state index is 2.99. The van der Waals surface area contributed by atoms with Gasteiger partial charge in [0.1, 0.15) is 0 Å². The molecule has 0 bridgehead atoms. The first-order valence-corrected chi connectivity index (χ1v) is 3.43. The molecule has 0 nitrogen and oxygen atoms in total. The van der Waals surface area contributed by atoms with Gasteiger partial charge in [0, 0.05) is 0 Å². The molecule has 0 amide bonds. The van der Waals surface area contributed by atoms with Crippen LogP contribution in [0.25, 0.3) is 0 Å². The van der Waals surface area contributed by atoms with Crippen molar-refractivity contribution in [1.29, 1.82) is 0 Å². The van der Waals surface area contributed by atoms with Crippen LogP contribution < -0.4 is 34.0 Å². The normalized spacial score (nSPS) is 13.5. The second-order valence-electron chi connectivity index (χ2n) is 2.01. The quantitative estimate of drug-likeness (QED) is 0.301. The van der Waals surface area contributed by atoms with Crippen LogP contribution in [-0.4, -0.2) is 0 Å². The largest absolute Gasteiger partial charge is 4.00 e. The Morgan fingerprint density at radius 3 is 1.23 bits per heavy atom. The van der Waals surface area contributed by atoms with Crippen LogP contribution in [0.2, 0.25) is 0 Å². The molecule has 2 aliphatic carbocycles. The monoisotopic (exact) mass is 386 g/mol. The van der Waals surface area contributed by atoms with Gasteiger partial charge in [0.15, 0.2) is 0 Å². The van der Waals surface area contributed by atoms with E-state index in [1.54, 1.807) is 0 Å². The maximum Gasteiger partial charge on any atom is 4.00 e. The van der Waals surface area contributed by atoms with E-state index in [1.165, 1.54) is 0 Å². The van der Waals surface area contributed by atoms with E-state index in [9.17, 15) is 0 Å². The smallest absolute Gasteiger partial charge is 1.00 e. The molecular formula is C10H10Br2Mo. The molecule has 0 aromatic rings. The Hall–Kier alpha value is 0.608. The third-order valence-electron chi connectivity index (χ3n) is 1.17. The fourth-order valence-corrected chi connectivity index (χ4v) is 0.680. The van der Waals surface area contributed by atoms with E-state index in [0.717, 1.165) is 12.8 Å². The molecule has 13 heavy (non-hydrogen) atoms. The molecule has 0 saturated heterocycles. The summed E-state index contributed by atoms with van der Waals surface area (Å²) in [6.45, 7) is 0. The predicted octanol–water partition coefficient (Wildman–Crippen LogP) is -3.38. The zero-order valence-corrected chi connectivity index (χ0v) is 12.2. The SMILES string of the molecule is [Br-].[Br-].[C-]1=CC=CC1.[C-]1=CC=CC1.[Mo+4]. The van der Waals surface area contributed by atoms with Gasteiger partial charge in [-0.1, -0.05) is 0 Å². The van der Waals surface area contributed by atoms with Gasteiger partial charge < -0.3 is 34.0 Å². The molecule has 70 valence electrons. The standard InChI is InChI=1S/2C5H5.2BrH.Mo/c2*1-2-4-5-3-1;;;/h2*1-3H,4H2;2*1H;/q2*-1;;;+4/p-2. The zero-order chi connectivity index (χ0) is 7.07. The Labute approximate surface area is 116 Å². The average Bonchev–Trinajstić information content (AvgIpc) is 2.67. The van der Waals surface area contributed by atoms with Crippen LogP contribution in [0.3, 0.4) is 0 Å². The fraction of sp³-hybridized carbons (Fsp3) is 0.200. The molecule has 2 aliphatic rings. The van der Waals surface area contributed by atoms with Gasteiger partial charge in [-0.25, -0.2) is 24.3 Å². The van der Waals surface area contributed by atoms with E-state index in [2.05, 4.69) is 24.3 Å². The van der Waals surface area contributed by atoms with Crippen LogP contribution >= 0.6 is 0 Å². The van der Waals surface area contributed by atoms with Crippen LogP contribution in [0.4, 0.5) is 0 Å². The van der Waals surface area contributed by atoms with Crippen molar-refractivity contribution in [3.8, 4) is 0 Å². The third kappa shape index (κ3) is 12.6. The van der Waals surface area contributed by atoms with Crippen molar-refractivity contribution >= 4 is 0 Å². The summed E-state index contributed by atoms with van der Waals surface area (Å²) < 4.78 is 0. The molecule has 0 atom stereocenters. The summed E-state index contributed by atoms with van der Waals surface area (Å²) in [5.41, 5.74) is 0. The fourth-order valence-electron chi connectivity index (χ4n) is 0.680. The Morgan fingerprint density at radius 1 is 0.769 bits per heavy atom. The Balaban J connectivity index is -0.000000125. The zero-order valence-electron chi connectivity index (χ0n) is 7.04. The van der Waals surface area contributed by atoms with Crippen molar-refractivity contribution in [2.24, 2.45) is 0 Å². The van der Waals surface area contributed by atoms with Crippen molar-refractivity contribution in [3.05, 3.63) is 48.6 Å². The molecule has 0 aromatic heterocycles. The van der Waals surface area contributed by atoms with Gasteiger partial charge in [0.2, 0.25) is 0 Å². The number of allylic oxidation sites excluding steroid dienone is 8. The van der Waals surface area contributed by atoms with Crippen molar-refractivity contribution < 1.29 is 55.0 Å². The average molecular weight is 386 g/mol. The van der Waals surface area contributed by atoms with Gasteiger partial charge in [-0.2, -0.15) is 12.2 Å². The van der Waals surface area contributed by atoms with Crippen molar-refractivity contribution in [1.82, 2.24) is 0 Å². The van der Waals surface area contributed by atoms with Crippen LogP contribution in [0.15, 0.2) is 36.5 Å². The second-order valence-corrected chi connectivity index (χ2v) is 2.01. The molecule has 0 N–H and O–H groups in total. The minimum absolute atomic E-state index is 0. The summed E-state index contributed by atoms with van der Waals surface area (Å²) in [6.07, 6.45) is 20.0. The van der Waals surface area contributed by atoms with Gasteiger partial charge in [-0.05, 0) is 0 Å². The van der Waals surface area contributed by atoms with E-state index >= 15 is 0 Å². The van der Waals surface area contributed by atoms with E-state index in [-0.39, 0.29) is 55.0 Å². The first kappa shape index (κ1) is 19.2. The molecule has 2 rings (SSSR count). The molecule has 0 spiro atoms. The summed E-state index contributed by atoms with van der Waals surface area (Å²) in [7, 11) is 0. The van der Waals surface area contributed by atoms with E-state index < -0.39 is 0 Å². The van der Waals surface area contributed by atoms with Crippen molar-refractivity contribution in [2.75, 3.05) is 0 Å². The van der Waals surface area contributed by atoms with E-state index in [1.807, 2.05) is 24.3 Å². The summed E-state index contributed by atoms with van der Waals surface area (Å²) in [5, 5.41) is 0. The first-order valence-electron chi connectivity index (χ1n) is 3.43. The summed E-state index contributed by atoms with van der Waals surface area (Å²) >= 11 is 0. The van der Waals surface area contributed by atoms with Crippen molar-refractivity contribution in [3.63, 3.8) is 0 Å². The van der Waals surface area contributed by atoms with Gasteiger partial charge in [0.05, 0.1) is 0 Å². The molecule has 0 aliphatic heterocycles. The summed E-state index contributed by atoms with van der Waals surface area (Å²) in [4.78, 5) is 0. The molecule has 0 unspecified atom stereocenters. The molecule has 3 heteroatoms. The number of hydrogen-bond acceptors (Lipinski definition) is 0. The Morgan fingerprint density at radius 2 is 1.15 bits per heavy atom. The number of rotatable bonds is 0. The van der Waals surface area contributed by atoms with Crippen LogP contribution in [0.5, 0.6) is 0 Å². The first-order chi connectivity index (χ1) is 5.00. The topological polar surface area (TPSA) is 0 Å². The Bertz CT molecular complexity index is 151. The van der Waals surface area contributed by atoms with E-state index in [4.69, 9.17) is 0 Å². The molecule has 0 aromatic carbocycles. The Kier molecular flexibility index (Phi) is 22.3. The summed E-state index contributed by atoms with van der Waals surface area (Å²) in [5.74, 6) is 0. The molecule has 0 saturated carbocycles. The van der Waals surface area contributed by atoms with Crippen LogP contribution in [0.1, 0.15) is 12.8 Å². The van der Waals surface area contributed by atoms with Gasteiger partial charge in [0.25, 0.3) is 0 Å². The van der Waals surface area contributed by atoms with Crippen LogP contribution in [-0.2, 0) is 21.1 Å². The number of hydrogen-bond donors (Lipinski definition) is 0. The van der Waals surface area contributed by atoms with Gasteiger partial charge in [-0.15, -0.1) is 12.8 Å². The second kappa shape index (κ2) is 15.1. The predicted molar refractivity (Wildman–Crippen MR) is 43.1 cm³/mol. The van der Waals surface area contributed by atoms with E-state index in [0.29, 0.717) is 0 Å². The van der Waals surface area contributed by atoms with Gasteiger partial charge in [-0.3, -0.25) is 12.2 Å². The number of halogens is 2. The van der Waals surface area contributed by atoms with Gasteiger partial charge >= 0.3 is 21.1 Å². The third-order valence-corrected chi connectivity index (χ3v) is 1.17. The molecular weight excluding hydrogens is 376 g/mol. The van der Waals surface area contributed by atoms with Crippen molar-refractivity contribution in [2.45, 2.75) is 12.8 Å². The minimum atomic E-state index is 0. The minimum Gasteiger partial charge on any atom is -1.00 e. The van der Waals surface area contributed by atoms with Crippen LogP contribution in [0, 0.1) is 12.2 Å². The summed E-state index contributed by atoms with van der Waals surface area (Å²) in [6, 6.07) is 0. The molecule has 0 fully saturated rings. The maximum atomic E-state index is 2.99.